The summed E-state index contributed by atoms with van der Waals surface area (Å²) in [6.45, 7) is 1.75. The fourth-order valence-electron chi connectivity index (χ4n) is 1.42. The lowest BCUT2D eigenvalue weighted by Crippen LogP contribution is -2.16. The van der Waals surface area contributed by atoms with Crippen molar-refractivity contribution in [1.29, 1.82) is 0 Å². The molecule has 0 bridgehead atoms. The van der Waals surface area contributed by atoms with Gasteiger partial charge in [0, 0.05) is 15.6 Å². The average molecular weight is 309 g/mol. The summed E-state index contributed by atoms with van der Waals surface area (Å²) >= 11 is 7.52. The average Bonchev–Trinajstić information content (AvgIpc) is 2.92. The van der Waals surface area contributed by atoms with Crippen LogP contribution in [-0.2, 0) is 9.63 Å². The van der Waals surface area contributed by atoms with Crippen molar-refractivity contribution in [3.05, 3.63) is 51.2 Å². The maximum absolute atomic E-state index is 11.6. The van der Waals surface area contributed by atoms with Gasteiger partial charge in [0.2, 0.25) is 0 Å². The van der Waals surface area contributed by atoms with E-state index in [2.05, 4.69) is 10.5 Å². The summed E-state index contributed by atoms with van der Waals surface area (Å²) in [6, 6.07) is 9.15. The predicted octanol–water partition coefficient (Wildman–Crippen LogP) is 3.70. The van der Waals surface area contributed by atoms with Crippen LogP contribution < -0.4 is 5.32 Å². The largest absolute Gasteiger partial charge is 0.386 e. The minimum atomic E-state index is -0.284. The molecule has 0 spiro atoms. The quantitative estimate of drug-likeness (QED) is 0.676. The highest BCUT2D eigenvalue weighted by molar-refractivity contribution is 7.11. The van der Waals surface area contributed by atoms with E-state index < -0.39 is 0 Å². The lowest BCUT2D eigenvalue weighted by molar-refractivity contribution is -0.120. The first-order chi connectivity index (χ1) is 9.65. The predicted molar refractivity (Wildman–Crippen MR) is 82.7 cm³/mol. The number of amides is 1. The van der Waals surface area contributed by atoms with Gasteiger partial charge in [-0.3, -0.25) is 4.79 Å². The van der Waals surface area contributed by atoms with E-state index in [-0.39, 0.29) is 12.5 Å². The molecule has 0 atom stereocenters. The third-order valence-electron chi connectivity index (χ3n) is 2.45. The Labute approximate surface area is 126 Å². The molecule has 20 heavy (non-hydrogen) atoms. The molecule has 1 N–H and O–H groups in total. The smallest absolute Gasteiger partial charge is 0.265 e. The van der Waals surface area contributed by atoms with Crippen molar-refractivity contribution < 1.29 is 9.63 Å². The van der Waals surface area contributed by atoms with Gasteiger partial charge in [-0.2, -0.15) is 0 Å². The molecule has 0 aliphatic heterocycles. The molecule has 1 aromatic heterocycles. The highest BCUT2D eigenvalue weighted by atomic mass is 35.5. The summed E-state index contributed by atoms with van der Waals surface area (Å²) in [6.07, 6.45) is 1.57. The highest BCUT2D eigenvalue weighted by Gasteiger charge is 2.04. The van der Waals surface area contributed by atoms with Gasteiger partial charge in [0.15, 0.2) is 6.61 Å². The number of nitrogens with zero attached hydrogens (tertiary/aromatic N) is 1. The minimum absolute atomic E-state index is 0.145. The molecular weight excluding hydrogens is 296 g/mol. The second-order valence-corrected chi connectivity index (χ2v) is 5.42. The molecule has 0 fully saturated rings. The number of benzene rings is 1. The molecule has 6 heteroatoms. The van der Waals surface area contributed by atoms with Crippen LogP contribution in [-0.4, -0.2) is 18.7 Å². The van der Waals surface area contributed by atoms with Gasteiger partial charge in [0.05, 0.1) is 6.21 Å². The molecule has 0 unspecified atom stereocenters. The van der Waals surface area contributed by atoms with Crippen LogP contribution in [0.1, 0.15) is 10.4 Å². The molecule has 0 aliphatic rings. The van der Waals surface area contributed by atoms with Gasteiger partial charge in [-0.25, -0.2) is 0 Å². The van der Waals surface area contributed by atoms with Crippen molar-refractivity contribution in [1.82, 2.24) is 0 Å². The third-order valence-corrected chi connectivity index (χ3v) is 3.66. The molecule has 1 amide bonds. The lowest BCUT2D eigenvalue weighted by Gasteiger charge is -2.05. The van der Waals surface area contributed by atoms with Crippen LogP contribution in [0.5, 0.6) is 0 Å². The maximum Gasteiger partial charge on any atom is 0.265 e. The Kier molecular flexibility index (Phi) is 5.15. The zero-order valence-electron chi connectivity index (χ0n) is 10.8. The van der Waals surface area contributed by atoms with Gasteiger partial charge in [-0.15, -0.1) is 11.3 Å². The number of hydrogen-bond donors (Lipinski definition) is 1. The minimum Gasteiger partial charge on any atom is -0.386 e. The molecule has 0 saturated carbocycles. The van der Waals surface area contributed by atoms with E-state index in [1.54, 1.807) is 29.7 Å². The van der Waals surface area contributed by atoms with Gasteiger partial charge < -0.3 is 10.2 Å². The fourth-order valence-corrected chi connectivity index (χ4v) is 2.17. The summed E-state index contributed by atoms with van der Waals surface area (Å²) in [4.78, 5) is 17.5. The van der Waals surface area contributed by atoms with Gasteiger partial charge in [0.1, 0.15) is 0 Å². The maximum atomic E-state index is 11.6. The standard InChI is InChI=1S/C14H13ClN2O2S/c1-10-4-5-11(7-13(10)15)17-14(18)9-19-16-8-12-3-2-6-20-12/h2-8H,9H2,1H3,(H,17,18)/b16-8+. The van der Waals surface area contributed by atoms with Crippen molar-refractivity contribution in [3.63, 3.8) is 0 Å². The Bertz CT molecular complexity index is 612. The van der Waals surface area contributed by atoms with Crippen molar-refractivity contribution >= 4 is 40.7 Å². The monoisotopic (exact) mass is 308 g/mol. The molecule has 4 nitrogen and oxygen atoms in total. The Morgan fingerprint density at radius 3 is 3.05 bits per heavy atom. The number of rotatable bonds is 5. The molecular formula is C14H13ClN2O2S. The topological polar surface area (TPSA) is 50.7 Å². The molecule has 1 aromatic carbocycles. The van der Waals surface area contributed by atoms with E-state index in [0.29, 0.717) is 10.7 Å². The third kappa shape index (κ3) is 4.36. The van der Waals surface area contributed by atoms with Crippen molar-refractivity contribution in [2.45, 2.75) is 6.92 Å². The van der Waals surface area contributed by atoms with Crippen molar-refractivity contribution in [2.24, 2.45) is 5.16 Å². The summed E-state index contributed by atoms with van der Waals surface area (Å²) in [5.41, 5.74) is 1.60. The molecule has 1 heterocycles. The number of anilines is 1. The first-order valence-corrected chi connectivity index (χ1v) is 7.16. The van der Waals surface area contributed by atoms with Crippen LogP contribution >= 0.6 is 22.9 Å². The van der Waals surface area contributed by atoms with Gasteiger partial charge in [0.25, 0.3) is 5.91 Å². The second-order valence-electron chi connectivity index (χ2n) is 4.04. The number of carbonyl (C=O) groups is 1. The highest BCUT2D eigenvalue weighted by Crippen LogP contribution is 2.19. The first kappa shape index (κ1) is 14.6. The van der Waals surface area contributed by atoms with E-state index in [0.717, 1.165) is 10.4 Å². The number of carbonyl (C=O) groups excluding carboxylic acids is 1. The number of aryl methyl sites for hydroxylation is 1. The van der Waals surface area contributed by atoms with Gasteiger partial charge >= 0.3 is 0 Å². The summed E-state index contributed by atoms with van der Waals surface area (Å²) in [5, 5.41) is 8.96. The molecule has 104 valence electrons. The number of hydrogen-bond acceptors (Lipinski definition) is 4. The number of oxime groups is 1. The van der Waals surface area contributed by atoms with Crippen LogP contribution in [0.2, 0.25) is 5.02 Å². The number of thiophene rings is 1. The van der Waals surface area contributed by atoms with E-state index in [1.807, 2.05) is 30.5 Å². The summed E-state index contributed by atoms with van der Waals surface area (Å²) < 4.78 is 0. The molecule has 2 aromatic rings. The Balaban J connectivity index is 1.79. The molecule has 0 saturated heterocycles. The van der Waals surface area contributed by atoms with Gasteiger partial charge in [-0.1, -0.05) is 28.9 Å². The molecule has 2 rings (SSSR count). The van der Waals surface area contributed by atoms with E-state index >= 15 is 0 Å². The summed E-state index contributed by atoms with van der Waals surface area (Å²) in [7, 11) is 0. The van der Waals surface area contributed by atoms with E-state index in [1.165, 1.54) is 0 Å². The van der Waals surface area contributed by atoms with E-state index in [9.17, 15) is 4.79 Å². The first-order valence-electron chi connectivity index (χ1n) is 5.90. The van der Waals surface area contributed by atoms with Crippen LogP contribution in [0.3, 0.4) is 0 Å². The molecule has 0 radical (unpaired) electrons. The van der Waals surface area contributed by atoms with Crippen molar-refractivity contribution in [2.75, 3.05) is 11.9 Å². The zero-order valence-corrected chi connectivity index (χ0v) is 12.4. The number of halogens is 1. The Morgan fingerprint density at radius 2 is 2.35 bits per heavy atom. The van der Waals surface area contributed by atoms with Crippen LogP contribution in [0.25, 0.3) is 0 Å². The van der Waals surface area contributed by atoms with Crippen LogP contribution in [0, 0.1) is 6.92 Å². The van der Waals surface area contributed by atoms with E-state index in [4.69, 9.17) is 16.4 Å². The van der Waals surface area contributed by atoms with Gasteiger partial charge in [-0.05, 0) is 36.1 Å². The zero-order chi connectivity index (χ0) is 14.4. The number of nitrogens with one attached hydrogen (secondary N) is 1. The van der Waals surface area contributed by atoms with Crippen LogP contribution in [0.4, 0.5) is 5.69 Å². The fraction of sp³-hybridized carbons (Fsp3) is 0.143. The van der Waals surface area contributed by atoms with Crippen LogP contribution in [0.15, 0.2) is 40.9 Å². The molecule has 0 aliphatic carbocycles. The normalized spacial score (nSPS) is 10.7. The Hall–Kier alpha value is -1.85. The SMILES string of the molecule is Cc1ccc(NC(=O)CO/N=C/c2cccs2)cc1Cl. The Morgan fingerprint density at radius 1 is 1.50 bits per heavy atom. The second kappa shape index (κ2) is 7.07. The van der Waals surface area contributed by atoms with Crippen molar-refractivity contribution in [3.8, 4) is 0 Å². The summed E-state index contributed by atoms with van der Waals surface area (Å²) in [5.74, 6) is -0.284. The lowest BCUT2D eigenvalue weighted by atomic mass is 10.2.